The highest BCUT2D eigenvalue weighted by Gasteiger charge is 2.61. The van der Waals surface area contributed by atoms with Gasteiger partial charge in [0.05, 0.1) is 16.6 Å². The van der Waals surface area contributed by atoms with E-state index in [0.29, 0.717) is 17.2 Å². The molecule has 6 rings (SSSR count). The number of nitrogens with one attached hydrogen (secondary N) is 3. The SMILES string of the molecule is CC1CCN(c2ccc3[nH]c(-c4n[nH]c5ccc(NC(=O)C6CC6(F)F)cc45)nc3c2)CC1. The first-order valence-corrected chi connectivity index (χ1v) is 11.3. The van der Waals surface area contributed by atoms with Gasteiger partial charge in [-0.1, -0.05) is 6.92 Å². The number of hydrogen-bond acceptors (Lipinski definition) is 4. The first-order valence-electron chi connectivity index (χ1n) is 11.3. The van der Waals surface area contributed by atoms with Gasteiger partial charge in [0, 0.05) is 36.3 Å². The van der Waals surface area contributed by atoms with E-state index in [1.54, 1.807) is 18.2 Å². The topological polar surface area (TPSA) is 89.7 Å². The maximum Gasteiger partial charge on any atom is 0.260 e. The predicted octanol–water partition coefficient (Wildman–Crippen LogP) is 4.94. The Morgan fingerprint density at radius 2 is 1.91 bits per heavy atom. The smallest absolute Gasteiger partial charge is 0.260 e. The Morgan fingerprint density at radius 1 is 1.15 bits per heavy atom. The van der Waals surface area contributed by atoms with Crippen molar-refractivity contribution in [2.24, 2.45) is 11.8 Å². The van der Waals surface area contributed by atoms with Gasteiger partial charge in [0.1, 0.15) is 11.6 Å². The van der Waals surface area contributed by atoms with Crippen molar-refractivity contribution in [3.05, 3.63) is 36.4 Å². The fraction of sp³-hybridized carbons (Fsp3) is 0.375. The van der Waals surface area contributed by atoms with Gasteiger partial charge in [-0.2, -0.15) is 5.10 Å². The van der Waals surface area contributed by atoms with Crippen molar-refractivity contribution >= 4 is 39.2 Å². The summed E-state index contributed by atoms with van der Waals surface area (Å²) in [7, 11) is 0. The Balaban J connectivity index is 1.29. The van der Waals surface area contributed by atoms with E-state index in [-0.39, 0.29) is 0 Å². The highest BCUT2D eigenvalue weighted by molar-refractivity contribution is 6.00. The molecule has 0 spiro atoms. The van der Waals surface area contributed by atoms with Crippen LogP contribution in [0.4, 0.5) is 20.2 Å². The molecule has 1 aliphatic heterocycles. The Hall–Kier alpha value is -3.49. The molecule has 1 saturated carbocycles. The fourth-order valence-corrected chi connectivity index (χ4v) is 4.57. The monoisotopic (exact) mass is 450 g/mol. The Labute approximate surface area is 188 Å². The molecule has 4 aromatic rings. The second-order valence-electron chi connectivity index (χ2n) is 9.30. The van der Waals surface area contributed by atoms with Crippen LogP contribution < -0.4 is 10.2 Å². The summed E-state index contributed by atoms with van der Waals surface area (Å²) in [6, 6.07) is 11.4. The summed E-state index contributed by atoms with van der Waals surface area (Å²) in [5, 5.41) is 10.7. The molecule has 3 heterocycles. The van der Waals surface area contributed by atoms with Gasteiger partial charge in [0.25, 0.3) is 5.92 Å². The summed E-state index contributed by atoms with van der Waals surface area (Å²) < 4.78 is 26.4. The summed E-state index contributed by atoms with van der Waals surface area (Å²) in [5.74, 6) is -3.42. The number of aromatic nitrogens is 4. The van der Waals surface area contributed by atoms with Gasteiger partial charge < -0.3 is 15.2 Å². The molecule has 2 fully saturated rings. The van der Waals surface area contributed by atoms with Crippen molar-refractivity contribution in [2.75, 3.05) is 23.3 Å². The van der Waals surface area contributed by atoms with Gasteiger partial charge >= 0.3 is 0 Å². The highest BCUT2D eigenvalue weighted by atomic mass is 19.3. The third-order valence-electron chi connectivity index (χ3n) is 6.81. The van der Waals surface area contributed by atoms with Gasteiger partial charge in [-0.05, 0) is 55.2 Å². The van der Waals surface area contributed by atoms with Crippen molar-refractivity contribution in [3.8, 4) is 11.5 Å². The second kappa shape index (κ2) is 7.26. The zero-order valence-corrected chi connectivity index (χ0v) is 18.2. The van der Waals surface area contributed by atoms with E-state index in [1.807, 2.05) is 6.07 Å². The fourth-order valence-electron chi connectivity index (χ4n) is 4.57. The molecule has 7 nitrogen and oxygen atoms in total. The minimum atomic E-state index is -2.89. The second-order valence-corrected chi connectivity index (χ2v) is 9.30. The molecule has 2 aromatic carbocycles. The molecule has 170 valence electrons. The van der Waals surface area contributed by atoms with Crippen LogP contribution in [0, 0.1) is 11.8 Å². The number of alkyl halides is 2. The molecule has 1 aliphatic carbocycles. The number of hydrogen-bond donors (Lipinski definition) is 3. The van der Waals surface area contributed by atoms with E-state index >= 15 is 0 Å². The Bertz CT molecular complexity index is 1370. The van der Waals surface area contributed by atoms with Crippen molar-refractivity contribution in [1.29, 1.82) is 0 Å². The number of halogens is 2. The summed E-state index contributed by atoms with van der Waals surface area (Å²) >= 11 is 0. The molecule has 2 aliphatic rings. The third-order valence-corrected chi connectivity index (χ3v) is 6.81. The molecule has 1 unspecified atom stereocenters. The van der Waals surface area contributed by atoms with E-state index in [1.165, 1.54) is 18.5 Å². The van der Waals surface area contributed by atoms with Crippen LogP contribution in [-0.2, 0) is 4.79 Å². The van der Waals surface area contributed by atoms with Gasteiger partial charge in [-0.15, -0.1) is 0 Å². The molecule has 1 saturated heterocycles. The minimum Gasteiger partial charge on any atom is -0.371 e. The van der Waals surface area contributed by atoms with Crippen LogP contribution in [-0.4, -0.2) is 45.1 Å². The Kier molecular flexibility index (Phi) is 4.43. The van der Waals surface area contributed by atoms with Crippen molar-refractivity contribution < 1.29 is 13.6 Å². The number of benzene rings is 2. The van der Waals surface area contributed by atoms with E-state index < -0.39 is 24.2 Å². The largest absolute Gasteiger partial charge is 0.371 e. The first-order chi connectivity index (χ1) is 15.9. The lowest BCUT2D eigenvalue weighted by atomic mass is 9.99. The average Bonchev–Trinajstić information content (AvgIpc) is 3.13. The van der Waals surface area contributed by atoms with E-state index in [4.69, 9.17) is 4.98 Å². The van der Waals surface area contributed by atoms with Gasteiger partial charge in [-0.25, -0.2) is 13.8 Å². The lowest BCUT2D eigenvalue weighted by molar-refractivity contribution is -0.119. The van der Waals surface area contributed by atoms with Crippen molar-refractivity contribution in [3.63, 3.8) is 0 Å². The number of carbonyl (C=O) groups is 1. The molecule has 0 radical (unpaired) electrons. The highest BCUT2D eigenvalue weighted by Crippen LogP contribution is 2.49. The summed E-state index contributed by atoms with van der Waals surface area (Å²) in [6.45, 7) is 4.40. The third kappa shape index (κ3) is 3.61. The van der Waals surface area contributed by atoms with Gasteiger partial charge in [-0.3, -0.25) is 9.89 Å². The van der Waals surface area contributed by atoms with Crippen LogP contribution in [0.15, 0.2) is 36.4 Å². The number of rotatable bonds is 4. The summed E-state index contributed by atoms with van der Waals surface area (Å²) in [4.78, 5) is 22.6. The molecule has 0 bridgehead atoms. The zero-order chi connectivity index (χ0) is 22.7. The molecule has 9 heteroatoms. The zero-order valence-electron chi connectivity index (χ0n) is 18.2. The van der Waals surface area contributed by atoms with Gasteiger partial charge in [0.2, 0.25) is 5.91 Å². The van der Waals surface area contributed by atoms with Crippen LogP contribution in [0.5, 0.6) is 0 Å². The average molecular weight is 450 g/mol. The summed E-state index contributed by atoms with van der Waals surface area (Å²) in [6.07, 6.45) is 2.00. The number of piperidine rings is 1. The van der Waals surface area contributed by atoms with Crippen LogP contribution in [0.25, 0.3) is 33.5 Å². The summed E-state index contributed by atoms with van der Waals surface area (Å²) in [5.41, 5.74) is 4.77. The van der Waals surface area contributed by atoms with Crippen LogP contribution >= 0.6 is 0 Å². The molecule has 1 amide bonds. The molecule has 2 aromatic heterocycles. The molecule has 1 atom stereocenters. The molecular formula is C24H24F2N6O. The lowest BCUT2D eigenvalue weighted by Gasteiger charge is -2.32. The quantitative estimate of drug-likeness (QED) is 0.411. The maximum atomic E-state index is 13.2. The number of fused-ring (bicyclic) bond motifs is 2. The number of nitrogens with zero attached hydrogens (tertiary/aromatic N) is 3. The van der Waals surface area contributed by atoms with E-state index in [2.05, 4.69) is 44.5 Å². The number of anilines is 2. The van der Waals surface area contributed by atoms with Crippen LogP contribution in [0.3, 0.4) is 0 Å². The lowest BCUT2D eigenvalue weighted by Crippen LogP contribution is -2.32. The first kappa shape index (κ1) is 20.1. The number of carbonyl (C=O) groups excluding carboxylic acids is 1. The number of H-pyrrole nitrogens is 2. The van der Waals surface area contributed by atoms with Gasteiger partial charge in [0.15, 0.2) is 5.82 Å². The predicted molar refractivity (Wildman–Crippen MR) is 123 cm³/mol. The number of amides is 1. The van der Waals surface area contributed by atoms with Crippen LogP contribution in [0.2, 0.25) is 0 Å². The van der Waals surface area contributed by atoms with E-state index in [9.17, 15) is 13.6 Å². The van der Waals surface area contributed by atoms with Crippen molar-refractivity contribution in [2.45, 2.75) is 32.1 Å². The Morgan fingerprint density at radius 3 is 2.67 bits per heavy atom. The standard InChI is InChI=1S/C24H24F2N6O/c1-13-6-8-32(9-7-13)15-3-5-19-20(11-15)29-22(28-19)21-16-10-14(2-4-18(16)30-31-21)27-23(33)17-12-24(17,25)26/h2-5,10-11,13,17H,6-9,12H2,1H3,(H,27,33)(H,28,29)(H,30,31). The van der Waals surface area contributed by atoms with E-state index in [0.717, 1.165) is 40.9 Å². The molecule has 33 heavy (non-hydrogen) atoms. The van der Waals surface area contributed by atoms with Crippen LogP contribution in [0.1, 0.15) is 26.2 Å². The van der Waals surface area contributed by atoms with Crippen molar-refractivity contribution in [1.82, 2.24) is 20.2 Å². The molecule has 3 N–H and O–H groups in total. The number of imidazole rings is 1. The minimum absolute atomic E-state index is 0.393. The maximum absolute atomic E-state index is 13.2. The molecular weight excluding hydrogens is 426 g/mol. The normalized spacial score (nSPS) is 20.5. The number of aromatic amines is 2.